The second-order valence-corrected chi connectivity index (χ2v) is 33.5. The van der Waals surface area contributed by atoms with E-state index in [2.05, 4.69) is 19.6 Å². The lowest BCUT2D eigenvalue weighted by Crippen LogP contribution is -2.50. The molecule has 0 spiro atoms. The second kappa shape index (κ2) is 49.0. The average molecular weight is 1830 g/mol. The zero-order valence-corrected chi connectivity index (χ0v) is 78.1. The van der Waals surface area contributed by atoms with Crippen LogP contribution >= 0.6 is 24.8 Å². The van der Waals surface area contributed by atoms with Gasteiger partial charge >= 0.3 is 0 Å². The number of amides is 4. The van der Waals surface area contributed by atoms with Crippen molar-refractivity contribution < 1.29 is 102 Å². The third-order valence-corrected chi connectivity index (χ3v) is 21.4. The molecule has 4 saturated heterocycles. The summed E-state index contributed by atoms with van der Waals surface area (Å²) in [6.45, 7) is 24.3. The Morgan fingerprint density at radius 3 is 0.579 bits per heavy atom. The van der Waals surface area contributed by atoms with Crippen molar-refractivity contribution in [2.75, 3.05) is 215 Å². The zero-order valence-electron chi connectivity index (χ0n) is 74.8. The number of benzene rings is 8. The first-order chi connectivity index (χ1) is 59.3. The van der Waals surface area contributed by atoms with Gasteiger partial charge in [-0.1, -0.05) is 48.5 Å². The van der Waals surface area contributed by atoms with Crippen LogP contribution in [0.15, 0.2) is 146 Å². The van der Waals surface area contributed by atoms with Gasteiger partial charge in [-0.25, -0.2) is 0 Å². The highest BCUT2D eigenvalue weighted by atomic mass is 35.5. The Morgan fingerprint density at radius 2 is 0.437 bits per heavy atom. The van der Waals surface area contributed by atoms with Crippen LogP contribution in [0.4, 0.5) is 0 Å². The molecule has 126 heavy (non-hydrogen) atoms. The molecule has 34 heteroatoms. The summed E-state index contributed by atoms with van der Waals surface area (Å²) in [4.78, 5) is 71.2. The molecule has 4 amide bonds. The first-order valence-electron chi connectivity index (χ1n) is 41.1. The summed E-state index contributed by atoms with van der Waals surface area (Å²) in [5.41, 5.74) is 10.2. The van der Waals surface area contributed by atoms with E-state index in [4.69, 9.17) is 65.9 Å². The van der Waals surface area contributed by atoms with Gasteiger partial charge < -0.3 is 76.4 Å². The fourth-order valence-corrected chi connectivity index (χ4v) is 15.0. The van der Waals surface area contributed by atoms with E-state index in [0.717, 1.165) is 136 Å². The number of hydrogen-bond donors (Lipinski definition) is 2. The van der Waals surface area contributed by atoms with Crippen LogP contribution in [0.5, 0.6) is 69.0 Å². The molecule has 30 nitrogen and oxygen atoms in total. The van der Waals surface area contributed by atoms with Gasteiger partial charge in [0.15, 0.2) is 46.0 Å². The van der Waals surface area contributed by atoms with Crippen molar-refractivity contribution in [2.45, 2.75) is 52.7 Å². The number of ether oxygens (including phenoxy) is 12. The Morgan fingerprint density at radius 1 is 0.278 bits per heavy atom. The Bertz CT molecular complexity index is 4650. The number of hydrogen-bond acceptors (Lipinski definition) is 24. The maximum Gasteiger partial charge on any atom is 0.261 e. The fraction of sp³-hybridized carbons (Fsp3) is 0.435. The van der Waals surface area contributed by atoms with E-state index >= 15 is 0 Å². The number of rotatable bonds is 30. The quantitative estimate of drug-likeness (QED) is 0.0395. The van der Waals surface area contributed by atoms with Crippen LogP contribution in [0.25, 0.3) is 44.5 Å². The smallest absolute Gasteiger partial charge is 0.261 e. The van der Waals surface area contributed by atoms with Crippen molar-refractivity contribution in [2.24, 2.45) is 0 Å². The molecule has 4 fully saturated rings. The summed E-state index contributed by atoms with van der Waals surface area (Å²) in [6.07, 6.45) is 3.47. The van der Waals surface area contributed by atoms with E-state index in [9.17, 15) is 36.0 Å². The van der Waals surface area contributed by atoms with Crippen LogP contribution < -0.4 is 56.8 Å². The molecule has 0 atom stereocenters. The van der Waals surface area contributed by atoms with Gasteiger partial charge in [0, 0.05) is 127 Å². The molecule has 4 heterocycles. The minimum absolute atomic E-state index is 0. The molecular weight excluding hydrogens is 1700 g/mol. The van der Waals surface area contributed by atoms with Gasteiger partial charge in [-0.3, -0.25) is 47.9 Å². The molecule has 8 aromatic carbocycles. The molecule has 4 aliphatic heterocycles. The SMILES string of the molecule is COc1cc(-c2ccc(C(=O)N3CCN(CCCN4CCN(C(=O)c5ccc(-c6cc(OC)c(OC(C)C)c(OC)c6)cc5)CC4)CC3)cc2)cc(OC)c1OC(C)C.COc1cc(-c2ccc(C(=O)N3CCN(CCCN4CCN(C(=O)c5ccc(-c6cc(OC)c(OC)c(OC)c6)cc5)CC4)CC3)cc2)cc(OC)c1OC.CS(=O)(=O)O.CS(=O)(=O)O.Cl.Cl. The van der Waals surface area contributed by atoms with Crippen LogP contribution in [-0.4, -0.2) is 315 Å². The highest BCUT2D eigenvalue weighted by Crippen LogP contribution is 2.46. The highest BCUT2D eigenvalue weighted by Gasteiger charge is 2.30. The highest BCUT2D eigenvalue weighted by molar-refractivity contribution is 7.85. The van der Waals surface area contributed by atoms with Gasteiger partial charge in [0.2, 0.25) is 23.0 Å². The molecular formula is C92H122Cl2N8O22S2. The molecule has 0 aliphatic carbocycles. The lowest BCUT2D eigenvalue weighted by molar-refractivity contribution is 0.0594. The Labute approximate surface area is 754 Å². The number of methoxy groups -OCH3 is 10. The van der Waals surface area contributed by atoms with Crippen LogP contribution in [0.3, 0.4) is 0 Å². The summed E-state index contributed by atoms with van der Waals surface area (Å²) in [5.74, 6) is 7.17. The van der Waals surface area contributed by atoms with E-state index < -0.39 is 20.2 Å². The molecule has 8 aromatic rings. The summed E-state index contributed by atoms with van der Waals surface area (Å²) < 4.78 is 119. The molecule has 688 valence electrons. The Balaban J connectivity index is 0.000000308. The molecule has 0 aromatic heterocycles. The second-order valence-electron chi connectivity index (χ2n) is 30.6. The first-order valence-corrected chi connectivity index (χ1v) is 44.8. The van der Waals surface area contributed by atoms with E-state index in [-0.39, 0.29) is 60.7 Å². The van der Waals surface area contributed by atoms with Crippen molar-refractivity contribution in [1.82, 2.24) is 39.2 Å². The third kappa shape index (κ3) is 29.3. The molecule has 12 rings (SSSR count). The van der Waals surface area contributed by atoms with Crippen molar-refractivity contribution in [3.63, 3.8) is 0 Å². The van der Waals surface area contributed by atoms with Gasteiger partial charge in [-0.2, -0.15) is 16.8 Å². The van der Waals surface area contributed by atoms with E-state index in [1.165, 1.54) is 0 Å². The van der Waals surface area contributed by atoms with Crippen molar-refractivity contribution >= 4 is 68.7 Å². The molecule has 0 saturated carbocycles. The fourth-order valence-electron chi connectivity index (χ4n) is 15.0. The maximum atomic E-state index is 13.4. The largest absolute Gasteiger partial charge is 0.493 e. The van der Waals surface area contributed by atoms with Gasteiger partial charge in [0.25, 0.3) is 43.9 Å². The van der Waals surface area contributed by atoms with Crippen molar-refractivity contribution in [3.05, 3.63) is 168 Å². The van der Waals surface area contributed by atoms with Crippen LogP contribution in [0, 0.1) is 0 Å². The van der Waals surface area contributed by atoms with Crippen molar-refractivity contribution in [1.29, 1.82) is 0 Å². The van der Waals surface area contributed by atoms with Gasteiger partial charge in [-0.05, 0) is 208 Å². The number of carbonyl (C=O) groups excluding carboxylic acids is 4. The predicted octanol–water partition coefficient (Wildman–Crippen LogP) is 12.8. The summed E-state index contributed by atoms with van der Waals surface area (Å²) in [5, 5.41) is 0. The average Bonchev–Trinajstić information content (AvgIpc) is 0.800. The molecule has 4 aliphatic rings. The Hall–Kier alpha value is -10.5. The topological polar surface area (TPSA) is 314 Å². The summed E-state index contributed by atoms with van der Waals surface area (Å²) in [7, 11) is 8.68. The Kier molecular flexibility index (Phi) is 39.9. The van der Waals surface area contributed by atoms with E-state index in [1.807, 2.05) is 193 Å². The molecule has 0 bridgehead atoms. The van der Waals surface area contributed by atoms with E-state index in [0.29, 0.717) is 156 Å². The predicted molar refractivity (Wildman–Crippen MR) is 493 cm³/mol. The van der Waals surface area contributed by atoms with Gasteiger partial charge in [-0.15, -0.1) is 24.8 Å². The summed E-state index contributed by atoms with van der Waals surface area (Å²) >= 11 is 0. The lowest BCUT2D eigenvalue weighted by atomic mass is 10.0. The van der Waals surface area contributed by atoms with Crippen LogP contribution in [0.1, 0.15) is 82.0 Å². The monoisotopic (exact) mass is 1820 g/mol. The maximum absolute atomic E-state index is 13.4. The van der Waals surface area contributed by atoms with Crippen molar-refractivity contribution in [3.8, 4) is 114 Å². The van der Waals surface area contributed by atoms with Crippen LogP contribution in [-0.2, 0) is 20.2 Å². The number of halogens is 2. The number of piperazine rings is 4. The minimum atomic E-state index is -3.67. The minimum Gasteiger partial charge on any atom is -0.493 e. The number of carbonyl (C=O) groups is 4. The molecule has 2 N–H and O–H groups in total. The standard InChI is InChI=1S/C47H60N4O8.C43H52N4O8.2CH4O3S.2ClH/c1-32(2)58-44-40(54-5)28-38(29-41(44)55-6)34-10-14-36(15-11-34)46(52)50-24-20-48(21-25-50)18-9-19-49-22-26-51(27-23-49)47(53)37-16-12-35(13-17-37)39-30-42(56-7)45(59-33(3)4)43(31-39)57-8;1-50-36-26-34(27-37(51-2)40(36)54-5)30-8-12-32(13-9-30)42(48)46-22-18-44(19-23-46)16-7-17-45-20-24-47(25-21-45)43(49)33-14-10-31(11-15-33)35-28-38(52-3)41(55-6)39(29-35)53-4;2*1-5(2,3)4;;/h10-17,28-33H,9,18-27H2,1-8H3;8-15,26-29H,7,16-25H2,1-6H3;2*1H3,(H,2,3,4);2*1H. The summed E-state index contributed by atoms with van der Waals surface area (Å²) in [6, 6.07) is 46.1. The van der Waals surface area contributed by atoms with Gasteiger partial charge in [0.05, 0.1) is 95.8 Å². The molecule has 0 radical (unpaired) electrons. The normalized spacial score (nSPS) is 14.5. The van der Waals surface area contributed by atoms with E-state index in [1.54, 1.807) is 71.1 Å². The van der Waals surface area contributed by atoms with Crippen LogP contribution in [0.2, 0.25) is 0 Å². The molecule has 0 unspecified atom stereocenters. The zero-order chi connectivity index (χ0) is 90.0. The van der Waals surface area contributed by atoms with Gasteiger partial charge in [0.1, 0.15) is 0 Å². The lowest BCUT2D eigenvalue weighted by Gasteiger charge is -2.37. The first kappa shape index (κ1) is 103. The third-order valence-electron chi connectivity index (χ3n) is 21.4. The number of nitrogens with zero attached hydrogens (tertiary/aromatic N) is 8.